The van der Waals surface area contributed by atoms with Crippen molar-refractivity contribution in [2.75, 3.05) is 34.3 Å². The molecule has 0 bridgehead atoms. The van der Waals surface area contributed by atoms with Crippen LogP contribution in [0.15, 0.2) is 0 Å². The summed E-state index contributed by atoms with van der Waals surface area (Å²) in [5.41, 5.74) is 0. The lowest BCUT2D eigenvalue weighted by atomic mass is 10.0. The van der Waals surface area contributed by atoms with Crippen LogP contribution in [0.25, 0.3) is 0 Å². The van der Waals surface area contributed by atoms with E-state index in [2.05, 4.69) is 28.1 Å². The van der Waals surface area contributed by atoms with Crippen LogP contribution < -0.4 is 0 Å². The molecule has 0 saturated heterocycles. The fourth-order valence-corrected chi connectivity index (χ4v) is 3.19. The Morgan fingerprint density at radius 3 is 1.76 bits per heavy atom. The first-order valence-corrected chi connectivity index (χ1v) is 11.9. The lowest BCUT2D eigenvalue weighted by Gasteiger charge is -2.23. The van der Waals surface area contributed by atoms with Crippen molar-refractivity contribution in [2.45, 2.75) is 110 Å². The average molecular weight is 415 g/mol. The Kier molecular flexibility index (Phi) is 17.1. The third-order valence-electron chi connectivity index (χ3n) is 5.14. The third-order valence-corrected chi connectivity index (χ3v) is 5.14. The maximum Gasteiger partial charge on any atom is 0.309 e. The monoisotopic (exact) mass is 414 g/mol. The topological polar surface area (TPSA) is 52.6 Å². The molecule has 0 rings (SSSR count). The van der Waals surface area contributed by atoms with Crippen LogP contribution in [0.5, 0.6) is 0 Å². The quantitative estimate of drug-likeness (QED) is 0.156. The minimum atomic E-state index is -0.349. The van der Waals surface area contributed by atoms with Crippen molar-refractivity contribution in [2.24, 2.45) is 0 Å². The summed E-state index contributed by atoms with van der Waals surface area (Å²) in [5, 5.41) is 0. The van der Waals surface area contributed by atoms with E-state index in [0.717, 1.165) is 30.3 Å². The van der Waals surface area contributed by atoms with Crippen LogP contribution in [-0.2, 0) is 19.1 Å². The van der Waals surface area contributed by atoms with E-state index < -0.39 is 0 Å². The van der Waals surface area contributed by atoms with Gasteiger partial charge in [-0.3, -0.25) is 9.59 Å². The molecule has 5 nitrogen and oxygen atoms in total. The molecule has 5 heteroatoms. The second-order valence-corrected chi connectivity index (χ2v) is 9.23. The van der Waals surface area contributed by atoms with Crippen LogP contribution >= 0.6 is 0 Å². The number of esters is 2. The first kappa shape index (κ1) is 27.9. The van der Waals surface area contributed by atoms with Crippen molar-refractivity contribution >= 4 is 11.9 Å². The smallest absolute Gasteiger partial charge is 0.309 e. The van der Waals surface area contributed by atoms with Gasteiger partial charge in [0.2, 0.25) is 0 Å². The highest BCUT2D eigenvalue weighted by molar-refractivity contribution is 5.72. The summed E-state index contributed by atoms with van der Waals surface area (Å²) in [4.78, 5) is 23.8. The number of nitrogens with zero attached hydrogens (tertiary/aromatic N) is 1. The van der Waals surface area contributed by atoms with Crippen LogP contribution in [0.3, 0.4) is 0 Å². The average Bonchev–Trinajstić information content (AvgIpc) is 2.64. The van der Waals surface area contributed by atoms with Crippen LogP contribution in [0.1, 0.15) is 104 Å². The van der Waals surface area contributed by atoms with Gasteiger partial charge in [-0.2, -0.15) is 0 Å². The van der Waals surface area contributed by atoms with Crippen molar-refractivity contribution in [3.63, 3.8) is 0 Å². The Hall–Kier alpha value is -1.10. The lowest BCUT2D eigenvalue weighted by molar-refractivity contribution is -0.870. The first-order chi connectivity index (χ1) is 13.8. The van der Waals surface area contributed by atoms with Gasteiger partial charge in [0.15, 0.2) is 0 Å². The molecule has 0 radical (unpaired) electrons. The van der Waals surface area contributed by atoms with E-state index in [0.29, 0.717) is 13.0 Å². The van der Waals surface area contributed by atoms with Gasteiger partial charge in [-0.25, -0.2) is 0 Å². The summed E-state index contributed by atoms with van der Waals surface area (Å²) in [7, 11) is 6.18. The minimum absolute atomic E-state index is 0.167. The van der Waals surface area contributed by atoms with Gasteiger partial charge < -0.3 is 14.0 Å². The lowest BCUT2D eigenvalue weighted by Crippen LogP contribution is -2.38. The zero-order valence-corrected chi connectivity index (χ0v) is 20.0. The number of hydrogen-bond donors (Lipinski definition) is 0. The normalized spacial score (nSPS) is 12.6. The molecule has 0 fully saturated rings. The van der Waals surface area contributed by atoms with Crippen LogP contribution in [0, 0.1) is 0 Å². The molecule has 0 heterocycles. The molecule has 1 unspecified atom stereocenters. The van der Waals surface area contributed by atoms with Gasteiger partial charge in [0.05, 0.1) is 27.6 Å². The fraction of sp³-hybridized carbons (Fsp3) is 0.917. The van der Waals surface area contributed by atoms with Gasteiger partial charge in [0.25, 0.3) is 0 Å². The van der Waals surface area contributed by atoms with E-state index in [1.807, 2.05) is 0 Å². The van der Waals surface area contributed by atoms with E-state index in [9.17, 15) is 9.59 Å². The zero-order chi connectivity index (χ0) is 22.0. The summed E-state index contributed by atoms with van der Waals surface area (Å²) in [6.45, 7) is 5.20. The second kappa shape index (κ2) is 17.7. The van der Waals surface area contributed by atoms with E-state index in [-0.39, 0.29) is 24.5 Å². The number of quaternary nitrogens is 1. The van der Waals surface area contributed by atoms with Crippen LogP contribution in [-0.4, -0.2) is 56.8 Å². The van der Waals surface area contributed by atoms with Gasteiger partial charge in [-0.1, -0.05) is 78.1 Å². The number of likely N-dealkylation sites (N-methyl/N-ethyl adjacent to an activating group) is 1. The summed E-state index contributed by atoms with van der Waals surface area (Å²) < 4.78 is 11.5. The second-order valence-electron chi connectivity index (χ2n) is 9.23. The summed E-state index contributed by atoms with van der Waals surface area (Å²) in [5.74, 6) is -0.507. The SMILES string of the molecule is CCCCCCCCCCCCCC(CC(=O)OCC[N+](C)(C)C)OC(=O)CC. The number of carbonyl (C=O) groups excluding carboxylic acids is 2. The molecule has 172 valence electrons. The van der Waals surface area contributed by atoms with E-state index >= 15 is 0 Å². The Bertz CT molecular complexity index is 418. The third kappa shape index (κ3) is 20.0. The summed E-state index contributed by atoms with van der Waals surface area (Å²) in [6.07, 6.45) is 15.0. The molecule has 0 aliphatic heterocycles. The number of hydrogen-bond acceptors (Lipinski definition) is 4. The fourth-order valence-electron chi connectivity index (χ4n) is 3.19. The van der Waals surface area contributed by atoms with Gasteiger partial charge >= 0.3 is 11.9 Å². The van der Waals surface area contributed by atoms with Crippen molar-refractivity contribution in [1.29, 1.82) is 0 Å². The Morgan fingerprint density at radius 1 is 0.759 bits per heavy atom. The molecule has 0 aliphatic carbocycles. The predicted octanol–water partition coefficient (Wildman–Crippen LogP) is 5.65. The maximum atomic E-state index is 12.1. The molecule has 0 saturated carbocycles. The highest BCUT2D eigenvalue weighted by Crippen LogP contribution is 2.15. The maximum absolute atomic E-state index is 12.1. The van der Waals surface area contributed by atoms with Crippen molar-refractivity contribution in [3.8, 4) is 0 Å². The molecule has 0 aliphatic rings. The molecule has 0 spiro atoms. The molecule has 0 aromatic carbocycles. The first-order valence-electron chi connectivity index (χ1n) is 11.9. The highest BCUT2D eigenvalue weighted by atomic mass is 16.6. The number of unbranched alkanes of at least 4 members (excludes halogenated alkanes) is 10. The van der Waals surface area contributed by atoms with Gasteiger partial charge in [0, 0.05) is 6.42 Å². The molecule has 0 N–H and O–H groups in total. The largest absolute Gasteiger partial charge is 0.462 e. The van der Waals surface area contributed by atoms with Crippen molar-refractivity contribution in [3.05, 3.63) is 0 Å². The standard InChI is InChI=1S/C24H48NO4/c1-6-8-9-10-11-12-13-14-15-16-17-18-22(29-23(26)7-2)21-24(27)28-20-19-25(3,4)5/h22H,6-21H2,1-5H3/q+1. The van der Waals surface area contributed by atoms with Crippen LogP contribution in [0.4, 0.5) is 0 Å². The molecular formula is C24H48NO4+. The molecule has 0 aromatic rings. The summed E-state index contributed by atoms with van der Waals surface area (Å²) >= 11 is 0. The van der Waals surface area contributed by atoms with E-state index in [4.69, 9.17) is 9.47 Å². The number of carbonyl (C=O) groups is 2. The molecule has 0 amide bonds. The van der Waals surface area contributed by atoms with E-state index in [1.165, 1.54) is 57.8 Å². The zero-order valence-electron chi connectivity index (χ0n) is 20.0. The molecular weight excluding hydrogens is 366 g/mol. The molecule has 1 atom stereocenters. The number of rotatable bonds is 19. The summed E-state index contributed by atoms with van der Waals surface area (Å²) in [6, 6.07) is 0. The minimum Gasteiger partial charge on any atom is -0.462 e. The van der Waals surface area contributed by atoms with E-state index in [1.54, 1.807) is 6.92 Å². The predicted molar refractivity (Wildman–Crippen MR) is 120 cm³/mol. The molecule has 29 heavy (non-hydrogen) atoms. The Balaban J connectivity index is 3.94. The molecule has 0 aromatic heterocycles. The number of ether oxygens (including phenoxy) is 2. The highest BCUT2D eigenvalue weighted by Gasteiger charge is 2.19. The van der Waals surface area contributed by atoms with Gasteiger partial charge in [-0.05, 0) is 12.8 Å². The van der Waals surface area contributed by atoms with Gasteiger partial charge in [-0.15, -0.1) is 0 Å². The van der Waals surface area contributed by atoms with Crippen molar-refractivity contribution < 1.29 is 23.5 Å². The van der Waals surface area contributed by atoms with Crippen LogP contribution in [0.2, 0.25) is 0 Å². The Labute approximate surface area is 180 Å². The van der Waals surface area contributed by atoms with Gasteiger partial charge in [0.1, 0.15) is 19.3 Å². The van der Waals surface area contributed by atoms with Crippen molar-refractivity contribution in [1.82, 2.24) is 0 Å². The Morgan fingerprint density at radius 2 is 1.28 bits per heavy atom.